The summed E-state index contributed by atoms with van der Waals surface area (Å²) in [5.74, 6) is -0.0391. The molecule has 0 radical (unpaired) electrons. The Morgan fingerprint density at radius 3 is 2.50 bits per heavy atom. The number of nitrogens with zero attached hydrogens (tertiary/aromatic N) is 3. The Kier molecular flexibility index (Phi) is 5.65. The van der Waals surface area contributed by atoms with E-state index in [9.17, 15) is 4.79 Å². The summed E-state index contributed by atoms with van der Waals surface area (Å²) < 4.78 is 19.7. The van der Waals surface area contributed by atoms with Crippen LogP contribution in [0.4, 0.5) is 5.95 Å². The van der Waals surface area contributed by atoms with Gasteiger partial charge in [-0.3, -0.25) is 4.57 Å². The highest BCUT2D eigenvalue weighted by Crippen LogP contribution is 2.32. The van der Waals surface area contributed by atoms with Gasteiger partial charge < -0.3 is 19.3 Å². The number of ether oxygens (including phenoxy) is 1. The Hall–Kier alpha value is -1.08. The van der Waals surface area contributed by atoms with Gasteiger partial charge in [0.15, 0.2) is 16.6 Å². The van der Waals surface area contributed by atoms with Crippen LogP contribution < -0.4 is 11.4 Å². The highest BCUT2D eigenvalue weighted by molar-refractivity contribution is 6.70. The summed E-state index contributed by atoms with van der Waals surface area (Å²) in [6, 6.07) is 0. The summed E-state index contributed by atoms with van der Waals surface area (Å²) in [4.78, 5) is 19.6. The summed E-state index contributed by atoms with van der Waals surface area (Å²) in [7, 11) is -3.42. The maximum atomic E-state index is 12.0. The molecule has 2 N–H and O–H groups in total. The molecule has 10 heteroatoms. The van der Waals surface area contributed by atoms with E-state index in [1.165, 1.54) is 10.9 Å². The van der Waals surface area contributed by atoms with E-state index in [2.05, 4.69) is 49.3 Å². The zero-order valence-corrected chi connectivity index (χ0v) is 17.3. The van der Waals surface area contributed by atoms with Crippen molar-refractivity contribution in [2.75, 3.05) is 12.3 Å². The molecule has 2 heterocycles. The molecule has 0 saturated carbocycles. The Labute approximate surface area is 144 Å². The second-order valence-electron chi connectivity index (χ2n) is 7.96. The minimum absolute atomic E-state index is 0.0391. The van der Waals surface area contributed by atoms with Gasteiger partial charge in [-0.1, -0.05) is 0 Å². The quantitative estimate of drug-likeness (QED) is 0.756. The fourth-order valence-electron chi connectivity index (χ4n) is 2.48. The molecule has 0 unspecified atom stereocenters. The van der Waals surface area contributed by atoms with Gasteiger partial charge in [-0.15, -0.1) is 0 Å². The van der Waals surface area contributed by atoms with Crippen LogP contribution in [0.15, 0.2) is 11.1 Å². The van der Waals surface area contributed by atoms with E-state index in [0.29, 0.717) is 13.0 Å². The fraction of sp³-hybridized carbons (Fsp3) is 0.786. The summed E-state index contributed by atoms with van der Waals surface area (Å²) >= 11 is 0. The normalized spacial score (nSPS) is 25.2. The maximum absolute atomic E-state index is 12.0. The standard InChI is InChI=1S/C14H28N4O4Si2/c1-23(2,3)20-8-11-10(22-24(4,5)6)7-12(21-11)18-9-16-13(15)17-14(18)19/h9-12H,7-8H2,1-6H3,(H2,15,17,19)/t10-,11+,12+/m0/s1. The van der Waals surface area contributed by atoms with E-state index < -0.39 is 28.6 Å². The molecule has 3 atom stereocenters. The molecule has 0 spiro atoms. The van der Waals surface area contributed by atoms with Gasteiger partial charge in [0, 0.05) is 6.42 Å². The third-order valence-corrected chi connectivity index (χ3v) is 5.46. The Morgan fingerprint density at radius 2 is 1.96 bits per heavy atom. The van der Waals surface area contributed by atoms with Crippen LogP contribution in [0.25, 0.3) is 0 Å². The van der Waals surface area contributed by atoms with Gasteiger partial charge in [0.2, 0.25) is 5.95 Å². The first-order valence-electron chi connectivity index (χ1n) is 8.12. The lowest BCUT2D eigenvalue weighted by atomic mass is 10.2. The van der Waals surface area contributed by atoms with E-state index in [0.717, 1.165) is 0 Å². The number of hydrogen-bond donors (Lipinski definition) is 1. The number of aromatic nitrogens is 3. The van der Waals surface area contributed by atoms with E-state index >= 15 is 0 Å². The second kappa shape index (κ2) is 7.04. The Bertz CT molecular complexity index is 626. The average molecular weight is 373 g/mol. The van der Waals surface area contributed by atoms with Gasteiger partial charge in [-0.05, 0) is 39.3 Å². The molecule has 1 aliphatic heterocycles. The SMILES string of the molecule is C[Si](C)(C)OC[C@H]1O[C@@H](n2cnc(N)nc2=O)C[C@@H]1O[Si](C)(C)C. The zero-order valence-electron chi connectivity index (χ0n) is 15.3. The molecule has 1 aromatic heterocycles. The first-order chi connectivity index (χ1) is 10.9. The van der Waals surface area contributed by atoms with Crippen LogP contribution >= 0.6 is 0 Å². The van der Waals surface area contributed by atoms with Crippen LogP contribution in [0.2, 0.25) is 39.3 Å². The second-order valence-corrected chi connectivity index (χ2v) is 16.9. The average Bonchev–Trinajstić information content (AvgIpc) is 2.76. The minimum Gasteiger partial charge on any atom is -0.415 e. The molecule has 1 saturated heterocycles. The van der Waals surface area contributed by atoms with Gasteiger partial charge in [0.1, 0.15) is 18.7 Å². The van der Waals surface area contributed by atoms with E-state index in [4.69, 9.17) is 19.3 Å². The highest BCUT2D eigenvalue weighted by Gasteiger charge is 2.40. The van der Waals surface area contributed by atoms with Gasteiger partial charge in [-0.25, -0.2) is 9.78 Å². The molecule has 0 aromatic carbocycles. The zero-order chi connectivity index (χ0) is 18.1. The van der Waals surface area contributed by atoms with E-state index in [1.807, 2.05) is 0 Å². The monoisotopic (exact) mass is 372 g/mol. The lowest BCUT2D eigenvalue weighted by Crippen LogP contribution is -2.40. The van der Waals surface area contributed by atoms with Crippen LogP contribution in [0.3, 0.4) is 0 Å². The summed E-state index contributed by atoms with van der Waals surface area (Å²) in [5, 5.41) is 0. The van der Waals surface area contributed by atoms with Crippen LogP contribution in [0.1, 0.15) is 12.6 Å². The topological polar surface area (TPSA) is 101 Å². The van der Waals surface area contributed by atoms with Crippen molar-refractivity contribution in [2.24, 2.45) is 0 Å². The molecular weight excluding hydrogens is 344 g/mol. The number of anilines is 1. The molecule has 8 nitrogen and oxygen atoms in total. The first kappa shape index (κ1) is 19.3. The van der Waals surface area contributed by atoms with Crippen molar-refractivity contribution < 1.29 is 13.6 Å². The Balaban J connectivity index is 2.17. The number of rotatable bonds is 6. The molecule has 0 amide bonds. The summed E-state index contributed by atoms with van der Waals surface area (Å²) in [6.07, 6.45) is 1.16. The fourth-order valence-corrected chi connectivity index (χ4v) is 4.30. The van der Waals surface area contributed by atoms with Crippen LogP contribution in [-0.4, -0.2) is 50.0 Å². The lowest BCUT2D eigenvalue weighted by molar-refractivity contribution is -0.0399. The molecule has 1 fully saturated rings. The van der Waals surface area contributed by atoms with Gasteiger partial charge in [0.05, 0.1) is 12.7 Å². The van der Waals surface area contributed by atoms with Gasteiger partial charge in [-0.2, -0.15) is 4.98 Å². The molecule has 136 valence electrons. The minimum atomic E-state index is -1.75. The number of nitrogens with two attached hydrogens (primary N) is 1. The third-order valence-electron chi connectivity index (χ3n) is 3.42. The largest absolute Gasteiger partial charge is 0.415 e. The van der Waals surface area contributed by atoms with Crippen molar-refractivity contribution in [3.05, 3.63) is 16.8 Å². The van der Waals surface area contributed by atoms with Crippen molar-refractivity contribution in [3.63, 3.8) is 0 Å². The number of nitrogen functional groups attached to an aromatic ring is 1. The molecule has 0 aliphatic carbocycles. The molecule has 24 heavy (non-hydrogen) atoms. The highest BCUT2D eigenvalue weighted by atomic mass is 28.4. The summed E-state index contributed by atoms with van der Waals surface area (Å²) in [6.45, 7) is 13.3. The molecule has 0 bridgehead atoms. The van der Waals surface area contributed by atoms with Crippen molar-refractivity contribution in [1.29, 1.82) is 0 Å². The van der Waals surface area contributed by atoms with Crippen molar-refractivity contribution >= 4 is 22.6 Å². The summed E-state index contributed by atoms with van der Waals surface area (Å²) in [5.41, 5.74) is 4.98. The van der Waals surface area contributed by atoms with E-state index in [1.54, 1.807) is 0 Å². The van der Waals surface area contributed by atoms with Crippen LogP contribution in [-0.2, 0) is 13.6 Å². The van der Waals surface area contributed by atoms with Crippen molar-refractivity contribution in [1.82, 2.24) is 14.5 Å². The lowest BCUT2D eigenvalue weighted by Gasteiger charge is -2.28. The van der Waals surface area contributed by atoms with Crippen LogP contribution in [0.5, 0.6) is 0 Å². The third kappa shape index (κ3) is 5.48. The van der Waals surface area contributed by atoms with Gasteiger partial charge >= 0.3 is 5.69 Å². The predicted molar refractivity (Wildman–Crippen MR) is 96.7 cm³/mol. The van der Waals surface area contributed by atoms with Crippen molar-refractivity contribution in [3.8, 4) is 0 Å². The smallest absolute Gasteiger partial charge is 0.354 e. The maximum Gasteiger partial charge on any atom is 0.354 e. The molecular formula is C14H28N4O4Si2. The number of hydrogen-bond acceptors (Lipinski definition) is 7. The van der Waals surface area contributed by atoms with Gasteiger partial charge in [0.25, 0.3) is 0 Å². The Morgan fingerprint density at radius 1 is 1.29 bits per heavy atom. The molecule has 2 rings (SSSR count). The van der Waals surface area contributed by atoms with Crippen LogP contribution in [0, 0.1) is 0 Å². The molecule has 1 aromatic rings. The van der Waals surface area contributed by atoms with Crippen molar-refractivity contribution in [2.45, 2.75) is 64.1 Å². The van der Waals surface area contributed by atoms with E-state index in [-0.39, 0.29) is 18.2 Å². The first-order valence-corrected chi connectivity index (χ1v) is 14.9. The molecule has 1 aliphatic rings. The predicted octanol–water partition coefficient (Wildman–Crippen LogP) is 1.58.